The fourth-order valence-corrected chi connectivity index (χ4v) is 2.69. The summed E-state index contributed by atoms with van der Waals surface area (Å²) < 4.78 is 7.51. The van der Waals surface area contributed by atoms with E-state index in [4.69, 9.17) is 4.74 Å². The number of benzene rings is 1. The monoisotopic (exact) mass is 287 g/mol. The Morgan fingerprint density at radius 1 is 1.29 bits per heavy atom. The first-order valence-corrected chi connectivity index (χ1v) is 7.44. The normalized spacial score (nSPS) is 12.4. The molecule has 2 aromatic rings. The summed E-state index contributed by atoms with van der Waals surface area (Å²) in [6, 6.07) is 8.81. The highest BCUT2D eigenvalue weighted by Gasteiger charge is 2.15. The van der Waals surface area contributed by atoms with E-state index in [1.54, 1.807) is 7.11 Å². The van der Waals surface area contributed by atoms with Crippen LogP contribution >= 0.6 is 0 Å². The Hall–Kier alpha value is -1.81. The summed E-state index contributed by atoms with van der Waals surface area (Å²) in [5.41, 5.74) is 4.73. The van der Waals surface area contributed by atoms with Crippen LogP contribution in [0.5, 0.6) is 5.75 Å². The van der Waals surface area contributed by atoms with Crippen LogP contribution in [0.15, 0.2) is 24.3 Å². The number of ether oxygens (including phenoxy) is 1. The van der Waals surface area contributed by atoms with Gasteiger partial charge >= 0.3 is 0 Å². The van der Waals surface area contributed by atoms with Gasteiger partial charge < -0.3 is 10.1 Å². The SMILES string of the molecule is CCn1nc(C)cc1CC(NC)c1ccc(C)c(OC)c1. The van der Waals surface area contributed by atoms with Crippen molar-refractivity contribution in [1.29, 1.82) is 0 Å². The van der Waals surface area contributed by atoms with Crippen LogP contribution in [0.4, 0.5) is 0 Å². The molecule has 1 aromatic heterocycles. The second-order valence-corrected chi connectivity index (χ2v) is 5.37. The number of likely N-dealkylation sites (N-methyl/N-ethyl adjacent to an activating group) is 1. The summed E-state index contributed by atoms with van der Waals surface area (Å²) in [5, 5.41) is 7.92. The Bertz CT molecular complexity index is 604. The molecule has 4 heteroatoms. The van der Waals surface area contributed by atoms with Gasteiger partial charge in [-0.05, 0) is 51.1 Å². The van der Waals surface area contributed by atoms with Crippen molar-refractivity contribution in [2.75, 3.05) is 14.2 Å². The van der Waals surface area contributed by atoms with Crippen LogP contribution in [0.2, 0.25) is 0 Å². The molecule has 1 heterocycles. The van der Waals surface area contributed by atoms with Crippen molar-refractivity contribution in [3.63, 3.8) is 0 Å². The quantitative estimate of drug-likeness (QED) is 0.887. The minimum Gasteiger partial charge on any atom is -0.496 e. The molecule has 1 atom stereocenters. The molecule has 114 valence electrons. The van der Waals surface area contributed by atoms with Gasteiger partial charge in [-0.2, -0.15) is 5.10 Å². The fraction of sp³-hybridized carbons (Fsp3) is 0.471. The zero-order valence-corrected chi connectivity index (χ0v) is 13.6. The number of nitrogens with zero attached hydrogens (tertiary/aromatic N) is 2. The smallest absolute Gasteiger partial charge is 0.122 e. The van der Waals surface area contributed by atoms with Crippen LogP contribution < -0.4 is 10.1 Å². The van der Waals surface area contributed by atoms with Crippen molar-refractivity contribution < 1.29 is 4.74 Å². The third kappa shape index (κ3) is 3.45. The molecule has 0 saturated heterocycles. The highest BCUT2D eigenvalue weighted by molar-refractivity contribution is 5.38. The van der Waals surface area contributed by atoms with E-state index in [0.717, 1.165) is 30.0 Å². The maximum Gasteiger partial charge on any atom is 0.122 e. The van der Waals surface area contributed by atoms with Crippen molar-refractivity contribution in [2.24, 2.45) is 0 Å². The lowest BCUT2D eigenvalue weighted by Crippen LogP contribution is -2.20. The predicted molar refractivity (Wildman–Crippen MR) is 85.9 cm³/mol. The average Bonchev–Trinajstić information content (AvgIpc) is 2.85. The first-order chi connectivity index (χ1) is 10.1. The van der Waals surface area contributed by atoms with Gasteiger partial charge in [0.25, 0.3) is 0 Å². The molecular weight excluding hydrogens is 262 g/mol. The largest absolute Gasteiger partial charge is 0.496 e. The molecule has 0 aliphatic carbocycles. The van der Waals surface area contributed by atoms with E-state index >= 15 is 0 Å². The minimum absolute atomic E-state index is 0.251. The second kappa shape index (κ2) is 6.76. The van der Waals surface area contributed by atoms with Gasteiger partial charge in [0, 0.05) is 24.7 Å². The number of rotatable bonds is 6. The van der Waals surface area contributed by atoms with E-state index in [2.05, 4.69) is 53.2 Å². The molecule has 0 bridgehead atoms. The summed E-state index contributed by atoms with van der Waals surface area (Å²) in [5.74, 6) is 0.938. The van der Waals surface area contributed by atoms with E-state index in [9.17, 15) is 0 Å². The van der Waals surface area contributed by atoms with Crippen LogP contribution in [0.3, 0.4) is 0 Å². The summed E-state index contributed by atoms with van der Waals surface area (Å²) in [6.45, 7) is 7.13. The van der Waals surface area contributed by atoms with Crippen LogP contribution in [-0.4, -0.2) is 23.9 Å². The highest BCUT2D eigenvalue weighted by atomic mass is 16.5. The number of methoxy groups -OCH3 is 1. The molecule has 0 amide bonds. The lowest BCUT2D eigenvalue weighted by molar-refractivity contribution is 0.410. The second-order valence-electron chi connectivity index (χ2n) is 5.37. The number of hydrogen-bond acceptors (Lipinski definition) is 3. The van der Waals surface area contributed by atoms with Gasteiger partial charge in [-0.3, -0.25) is 4.68 Å². The molecule has 1 unspecified atom stereocenters. The Balaban J connectivity index is 2.27. The van der Waals surface area contributed by atoms with Gasteiger partial charge in [0.1, 0.15) is 5.75 Å². The van der Waals surface area contributed by atoms with Crippen LogP contribution in [0.1, 0.15) is 35.5 Å². The first-order valence-electron chi connectivity index (χ1n) is 7.44. The fourth-order valence-electron chi connectivity index (χ4n) is 2.69. The summed E-state index contributed by atoms with van der Waals surface area (Å²) in [6.07, 6.45) is 0.914. The molecule has 2 rings (SSSR count). The zero-order chi connectivity index (χ0) is 15.4. The van der Waals surface area contributed by atoms with Crippen molar-refractivity contribution in [2.45, 2.75) is 39.8 Å². The van der Waals surface area contributed by atoms with Crippen LogP contribution in [-0.2, 0) is 13.0 Å². The zero-order valence-electron chi connectivity index (χ0n) is 13.6. The number of aromatic nitrogens is 2. The molecule has 0 aliphatic rings. The molecule has 1 N–H and O–H groups in total. The number of nitrogens with one attached hydrogen (secondary N) is 1. The van der Waals surface area contributed by atoms with Crippen LogP contribution in [0.25, 0.3) is 0 Å². The number of hydrogen-bond donors (Lipinski definition) is 1. The highest BCUT2D eigenvalue weighted by Crippen LogP contribution is 2.25. The lowest BCUT2D eigenvalue weighted by atomic mass is 10.00. The Morgan fingerprint density at radius 2 is 2.05 bits per heavy atom. The summed E-state index contributed by atoms with van der Waals surface area (Å²) in [7, 11) is 3.71. The van der Waals surface area contributed by atoms with Crippen molar-refractivity contribution in [3.05, 3.63) is 46.8 Å². The van der Waals surface area contributed by atoms with Gasteiger partial charge in [0.05, 0.1) is 12.8 Å². The summed E-state index contributed by atoms with van der Waals surface area (Å²) >= 11 is 0. The van der Waals surface area contributed by atoms with Gasteiger partial charge in [0.15, 0.2) is 0 Å². The van der Waals surface area contributed by atoms with Gasteiger partial charge in [-0.1, -0.05) is 12.1 Å². The molecule has 0 radical (unpaired) electrons. The molecule has 4 nitrogen and oxygen atoms in total. The summed E-state index contributed by atoms with van der Waals surface area (Å²) in [4.78, 5) is 0. The van der Waals surface area contributed by atoms with Gasteiger partial charge in [0.2, 0.25) is 0 Å². The van der Waals surface area contributed by atoms with E-state index < -0.39 is 0 Å². The molecule has 0 saturated carbocycles. The van der Waals surface area contributed by atoms with E-state index in [1.165, 1.54) is 11.3 Å². The van der Waals surface area contributed by atoms with Gasteiger partial charge in [-0.15, -0.1) is 0 Å². The molecule has 21 heavy (non-hydrogen) atoms. The Morgan fingerprint density at radius 3 is 2.67 bits per heavy atom. The molecule has 0 aliphatic heterocycles. The number of aryl methyl sites for hydroxylation is 3. The third-order valence-corrected chi connectivity index (χ3v) is 3.88. The minimum atomic E-state index is 0.251. The topological polar surface area (TPSA) is 39.1 Å². The Kier molecular flexibility index (Phi) is 5.02. The molecule has 0 fully saturated rings. The lowest BCUT2D eigenvalue weighted by Gasteiger charge is -2.18. The van der Waals surface area contributed by atoms with E-state index in [-0.39, 0.29) is 6.04 Å². The maximum atomic E-state index is 5.43. The average molecular weight is 287 g/mol. The molecule has 1 aromatic carbocycles. The van der Waals surface area contributed by atoms with E-state index in [1.807, 2.05) is 14.0 Å². The van der Waals surface area contributed by atoms with Crippen LogP contribution in [0, 0.1) is 13.8 Å². The van der Waals surface area contributed by atoms with Crippen molar-refractivity contribution in [3.8, 4) is 5.75 Å². The third-order valence-electron chi connectivity index (χ3n) is 3.88. The first kappa shape index (κ1) is 15.6. The van der Waals surface area contributed by atoms with Crippen molar-refractivity contribution in [1.82, 2.24) is 15.1 Å². The van der Waals surface area contributed by atoms with E-state index in [0.29, 0.717) is 0 Å². The molecular formula is C17H25N3O. The predicted octanol–water partition coefficient (Wildman–Crippen LogP) is 3.03. The van der Waals surface area contributed by atoms with Crippen molar-refractivity contribution >= 4 is 0 Å². The Labute approximate surface area is 127 Å². The molecule has 0 spiro atoms. The standard InChI is InChI=1S/C17H25N3O/c1-6-20-15(9-13(3)19-20)11-16(18-4)14-8-7-12(2)17(10-14)21-5/h7-10,16,18H,6,11H2,1-5H3. The van der Waals surface area contributed by atoms with Gasteiger partial charge in [-0.25, -0.2) is 0 Å². The maximum absolute atomic E-state index is 5.43.